The first kappa shape index (κ1) is 20.0. The summed E-state index contributed by atoms with van der Waals surface area (Å²) in [6.45, 7) is 1.08. The van der Waals surface area contributed by atoms with Crippen LogP contribution in [0.15, 0.2) is 41.8 Å². The molecule has 3 heterocycles. The number of benzene rings is 1. The third kappa shape index (κ3) is 3.78. The van der Waals surface area contributed by atoms with E-state index in [2.05, 4.69) is 45.9 Å². The number of aromatic nitrogens is 2. The number of nitrogens with zero attached hydrogens (tertiary/aromatic N) is 3. The molecule has 0 bridgehead atoms. The van der Waals surface area contributed by atoms with Gasteiger partial charge in [-0.2, -0.15) is 5.10 Å². The molecule has 0 radical (unpaired) electrons. The zero-order chi connectivity index (χ0) is 21.4. The zero-order valence-electron chi connectivity index (χ0n) is 17.6. The fourth-order valence-corrected chi connectivity index (χ4v) is 5.35. The van der Waals surface area contributed by atoms with E-state index in [1.165, 1.54) is 10.4 Å². The molecule has 1 aliphatic heterocycles. The molecule has 0 saturated carbocycles. The minimum absolute atomic E-state index is 0.00802. The van der Waals surface area contributed by atoms with Gasteiger partial charge in [0.05, 0.1) is 0 Å². The highest BCUT2D eigenvalue weighted by atomic mass is 32.1. The van der Waals surface area contributed by atoms with Gasteiger partial charge in [0.15, 0.2) is 5.69 Å². The van der Waals surface area contributed by atoms with Gasteiger partial charge in [0.2, 0.25) is 5.91 Å². The van der Waals surface area contributed by atoms with Gasteiger partial charge < -0.3 is 9.80 Å². The molecular weight excluding hydrogens is 408 g/mol. The summed E-state index contributed by atoms with van der Waals surface area (Å²) in [5, 5.41) is 9.48. The molecule has 1 atom stereocenters. The van der Waals surface area contributed by atoms with Crippen LogP contribution < -0.4 is 0 Å². The molecule has 0 unspecified atom stereocenters. The maximum Gasteiger partial charge on any atom is 0.275 e. The van der Waals surface area contributed by atoms with E-state index in [1.54, 1.807) is 21.1 Å². The van der Waals surface area contributed by atoms with E-state index in [-0.39, 0.29) is 11.8 Å². The highest BCUT2D eigenvalue weighted by Gasteiger charge is 2.38. The molecule has 1 aromatic carbocycles. The van der Waals surface area contributed by atoms with Crippen LogP contribution in [0.1, 0.15) is 40.2 Å². The second-order valence-corrected chi connectivity index (χ2v) is 9.34. The average molecular weight is 435 g/mol. The first-order chi connectivity index (χ1) is 15.1. The van der Waals surface area contributed by atoms with Crippen molar-refractivity contribution in [3.63, 3.8) is 0 Å². The third-order valence-corrected chi connectivity index (χ3v) is 7.34. The van der Waals surface area contributed by atoms with Crippen molar-refractivity contribution in [2.75, 3.05) is 20.1 Å². The molecule has 6 nitrogen and oxygen atoms in total. The topological polar surface area (TPSA) is 69.3 Å². The number of carbonyl (C=O) groups is 2. The monoisotopic (exact) mass is 434 g/mol. The van der Waals surface area contributed by atoms with Gasteiger partial charge >= 0.3 is 0 Å². The van der Waals surface area contributed by atoms with Gasteiger partial charge in [-0.3, -0.25) is 14.7 Å². The molecule has 1 N–H and O–H groups in total. The number of rotatable bonds is 4. The van der Waals surface area contributed by atoms with Crippen molar-refractivity contribution in [2.45, 2.75) is 38.1 Å². The van der Waals surface area contributed by atoms with Crippen LogP contribution in [0.2, 0.25) is 0 Å². The summed E-state index contributed by atoms with van der Waals surface area (Å²) < 4.78 is 0. The number of aryl methyl sites for hydroxylation is 1. The summed E-state index contributed by atoms with van der Waals surface area (Å²) in [5.74, 6) is -0.132. The van der Waals surface area contributed by atoms with Crippen molar-refractivity contribution in [3.05, 3.63) is 64.3 Å². The van der Waals surface area contributed by atoms with E-state index in [0.29, 0.717) is 25.2 Å². The van der Waals surface area contributed by atoms with Crippen molar-refractivity contribution >= 4 is 23.2 Å². The molecule has 160 valence electrons. The van der Waals surface area contributed by atoms with E-state index in [0.717, 1.165) is 42.5 Å². The number of hydrogen-bond acceptors (Lipinski definition) is 4. The number of amides is 2. The predicted molar refractivity (Wildman–Crippen MR) is 121 cm³/mol. The van der Waals surface area contributed by atoms with Crippen LogP contribution in [0.5, 0.6) is 0 Å². The largest absolute Gasteiger partial charge is 0.342 e. The van der Waals surface area contributed by atoms with Crippen LogP contribution in [0.25, 0.3) is 10.4 Å². The lowest BCUT2D eigenvalue weighted by atomic mass is 9.94. The lowest BCUT2D eigenvalue weighted by Crippen LogP contribution is -2.58. The van der Waals surface area contributed by atoms with Crippen molar-refractivity contribution in [1.82, 2.24) is 20.0 Å². The van der Waals surface area contributed by atoms with Gasteiger partial charge in [-0.25, -0.2) is 0 Å². The molecule has 1 saturated heterocycles. The van der Waals surface area contributed by atoms with E-state index in [9.17, 15) is 9.59 Å². The third-order valence-electron chi connectivity index (χ3n) is 6.42. The Labute approximate surface area is 185 Å². The number of hydrogen-bond donors (Lipinski definition) is 1. The molecule has 3 aromatic rings. The number of nitrogens with one attached hydrogen (secondary N) is 1. The number of carbonyl (C=O) groups excluding carboxylic acids is 2. The Morgan fingerprint density at radius 2 is 1.97 bits per heavy atom. The maximum absolute atomic E-state index is 13.5. The second kappa shape index (κ2) is 8.30. The van der Waals surface area contributed by atoms with E-state index < -0.39 is 6.04 Å². The van der Waals surface area contributed by atoms with Gasteiger partial charge in [-0.1, -0.05) is 30.3 Å². The number of aromatic amines is 1. The van der Waals surface area contributed by atoms with E-state index >= 15 is 0 Å². The number of fused-ring (bicyclic) bond motifs is 1. The van der Waals surface area contributed by atoms with Crippen molar-refractivity contribution in [1.29, 1.82) is 0 Å². The number of thiophene rings is 1. The van der Waals surface area contributed by atoms with Crippen LogP contribution in [-0.4, -0.2) is 58.0 Å². The van der Waals surface area contributed by atoms with Gasteiger partial charge in [0.1, 0.15) is 6.04 Å². The van der Waals surface area contributed by atoms with E-state index in [4.69, 9.17) is 0 Å². The summed E-state index contributed by atoms with van der Waals surface area (Å²) in [7, 11) is 1.81. The Morgan fingerprint density at radius 3 is 2.74 bits per heavy atom. The van der Waals surface area contributed by atoms with Crippen LogP contribution in [0.3, 0.4) is 0 Å². The Kier molecular flexibility index (Phi) is 5.36. The molecule has 1 fully saturated rings. The molecule has 1 aliphatic carbocycles. The Morgan fingerprint density at radius 1 is 1.16 bits per heavy atom. The Balaban J connectivity index is 1.40. The number of piperazine rings is 1. The second-order valence-electron chi connectivity index (χ2n) is 8.39. The number of H-pyrrole nitrogens is 1. The SMILES string of the molecule is CN1CCN(C(=O)c2n[nH]c3c2CCCC3)[C@@H](Cc2ccc(-c3cccs3)cc2)C1=O. The minimum atomic E-state index is -0.505. The van der Waals surface area contributed by atoms with Crippen LogP contribution in [0.4, 0.5) is 0 Å². The van der Waals surface area contributed by atoms with Gasteiger partial charge in [-0.05, 0) is 48.3 Å². The van der Waals surface area contributed by atoms with Gasteiger partial charge in [0, 0.05) is 42.7 Å². The lowest BCUT2D eigenvalue weighted by molar-refractivity contribution is -0.138. The van der Waals surface area contributed by atoms with Crippen molar-refractivity contribution in [2.24, 2.45) is 0 Å². The predicted octanol–water partition coefficient (Wildman–Crippen LogP) is 3.54. The molecule has 31 heavy (non-hydrogen) atoms. The highest BCUT2D eigenvalue weighted by molar-refractivity contribution is 7.13. The summed E-state index contributed by atoms with van der Waals surface area (Å²) in [6, 6.07) is 12.0. The molecule has 0 spiro atoms. The maximum atomic E-state index is 13.5. The molecule has 7 heteroatoms. The first-order valence-corrected chi connectivity index (χ1v) is 11.7. The van der Waals surface area contributed by atoms with E-state index in [1.807, 2.05) is 13.1 Å². The summed E-state index contributed by atoms with van der Waals surface area (Å²) in [5.41, 5.74) is 4.85. The Bertz CT molecular complexity index is 1090. The van der Waals surface area contributed by atoms with Crippen molar-refractivity contribution < 1.29 is 9.59 Å². The summed E-state index contributed by atoms with van der Waals surface area (Å²) >= 11 is 1.71. The molecule has 5 rings (SSSR count). The highest BCUT2D eigenvalue weighted by Crippen LogP contribution is 2.27. The normalized spacial score (nSPS) is 18.9. The Hall–Kier alpha value is -2.93. The summed E-state index contributed by atoms with van der Waals surface area (Å²) in [4.78, 5) is 31.2. The fourth-order valence-electron chi connectivity index (χ4n) is 4.62. The lowest BCUT2D eigenvalue weighted by Gasteiger charge is -2.39. The van der Waals surface area contributed by atoms with Crippen molar-refractivity contribution in [3.8, 4) is 10.4 Å². The molecule has 2 aromatic heterocycles. The quantitative estimate of drug-likeness (QED) is 0.683. The van der Waals surface area contributed by atoms with Crippen LogP contribution in [0, 0.1) is 0 Å². The molecule has 2 aliphatic rings. The van der Waals surface area contributed by atoms with Crippen LogP contribution >= 0.6 is 11.3 Å². The summed E-state index contributed by atoms with van der Waals surface area (Å²) in [6.07, 6.45) is 4.53. The number of likely N-dealkylation sites (N-methyl/N-ethyl adjacent to an activating group) is 1. The zero-order valence-corrected chi connectivity index (χ0v) is 18.5. The standard InChI is InChI=1S/C24H26N4O2S/c1-27-12-13-28(24(30)22-18-5-2-3-6-19(18)25-26-22)20(23(27)29)15-16-8-10-17(11-9-16)21-7-4-14-31-21/h4,7-11,14,20H,2-3,5-6,12-13,15H2,1H3,(H,25,26)/t20-/m0/s1. The minimum Gasteiger partial charge on any atom is -0.342 e. The average Bonchev–Trinajstić information content (AvgIpc) is 3.47. The molecular formula is C24H26N4O2S. The smallest absolute Gasteiger partial charge is 0.275 e. The van der Waals surface area contributed by atoms with Gasteiger partial charge in [0.25, 0.3) is 5.91 Å². The first-order valence-electron chi connectivity index (χ1n) is 10.9. The fraction of sp³-hybridized carbons (Fsp3) is 0.375. The van der Waals surface area contributed by atoms with Crippen LogP contribution in [-0.2, 0) is 24.1 Å². The molecule has 2 amide bonds. The van der Waals surface area contributed by atoms with Gasteiger partial charge in [-0.15, -0.1) is 11.3 Å².